The van der Waals surface area contributed by atoms with Crippen molar-refractivity contribution in [1.82, 2.24) is 9.88 Å². The lowest BCUT2D eigenvalue weighted by Gasteiger charge is -2.22. The maximum atomic E-state index is 13.0. The molecule has 0 spiro atoms. The number of rotatable bonds is 2. The topological polar surface area (TPSA) is 16.1 Å². The van der Waals surface area contributed by atoms with Gasteiger partial charge in [0.2, 0.25) is 0 Å². The van der Waals surface area contributed by atoms with Crippen LogP contribution in [0.4, 0.5) is 13.2 Å². The second-order valence-corrected chi connectivity index (χ2v) is 5.70. The largest absolute Gasteiger partial charge is 0.399 e. The van der Waals surface area contributed by atoms with E-state index in [2.05, 4.69) is 9.88 Å². The fourth-order valence-electron chi connectivity index (χ4n) is 3.03. The van der Waals surface area contributed by atoms with Gasteiger partial charge in [-0.3, -0.25) is 9.88 Å². The van der Waals surface area contributed by atoms with E-state index in [0.29, 0.717) is 6.04 Å². The predicted octanol–water partition coefficient (Wildman–Crippen LogP) is 3.44. The van der Waals surface area contributed by atoms with Crippen LogP contribution in [0.2, 0.25) is 0 Å². The Morgan fingerprint density at radius 3 is 2.47 bits per heavy atom. The van der Waals surface area contributed by atoms with Crippen LogP contribution in [0.5, 0.6) is 0 Å². The summed E-state index contributed by atoms with van der Waals surface area (Å²) < 4.78 is 39.0. The smallest absolute Gasteiger partial charge is 0.299 e. The number of aromatic nitrogens is 1. The van der Waals surface area contributed by atoms with Gasteiger partial charge in [0.15, 0.2) is 0 Å². The summed E-state index contributed by atoms with van der Waals surface area (Å²) >= 11 is 0. The molecule has 2 nitrogen and oxygen atoms in total. The van der Waals surface area contributed by atoms with E-state index in [-0.39, 0.29) is 18.5 Å². The first-order chi connectivity index (χ1) is 8.94. The normalized spacial score (nSPS) is 26.6. The van der Waals surface area contributed by atoms with Crippen molar-refractivity contribution in [1.29, 1.82) is 0 Å². The summed E-state index contributed by atoms with van der Waals surface area (Å²) in [7, 11) is 2.05. The van der Waals surface area contributed by atoms with Crippen LogP contribution in [-0.4, -0.2) is 29.7 Å². The highest BCUT2D eigenvalue weighted by atomic mass is 19.4. The molecule has 0 unspecified atom stereocenters. The minimum atomic E-state index is -4.17. The first kappa shape index (κ1) is 12.9. The lowest BCUT2D eigenvalue weighted by molar-refractivity contribution is -0.161. The van der Waals surface area contributed by atoms with Gasteiger partial charge in [-0.05, 0) is 50.9 Å². The van der Waals surface area contributed by atoms with Gasteiger partial charge in [-0.25, -0.2) is 0 Å². The fourth-order valence-corrected chi connectivity index (χ4v) is 3.03. The lowest BCUT2D eigenvalue weighted by Crippen LogP contribution is -2.29. The first-order valence-electron chi connectivity index (χ1n) is 6.67. The van der Waals surface area contributed by atoms with E-state index in [1.807, 2.05) is 13.1 Å². The van der Waals surface area contributed by atoms with Gasteiger partial charge in [-0.2, -0.15) is 13.2 Å². The van der Waals surface area contributed by atoms with Gasteiger partial charge in [0.25, 0.3) is 0 Å². The van der Waals surface area contributed by atoms with Crippen molar-refractivity contribution in [2.24, 2.45) is 0 Å². The Morgan fingerprint density at radius 1 is 1.32 bits per heavy atom. The molecule has 2 fully saturated rings. The van der Waals surface area contributed by atoms with Crippen LogP contribution >= 0.6 is 0 Å². The highest BCUT2D eigenvalue weighted by molar-refractivity contribution is 5.30. The van der Waals surface area contributed by atoms with Crippen molar-refractivity contribution in [2.75, 3.05) is 13.6 Å². The first-order valence-corrected chi connectivity index (χ1v) is 6.67. The van der Waals surface area contributed by atoms with Gasteiger partial charge in [0, 0.05) is 12.2 Å². The van der Waals surface area contributed by atoms with Crippen molar-refractivity contribution < 1.29 is 13.2 Å². The maximum absolute atomic E-state index is 13.0. The fraction of sp³-hybridized carbons (Fsp3) is 0.643. The molecule has 1 aliphatic carbocycles. The molecule has 1 atom stereocenters. The van der Waals surface area contributed by atoms with E-state index < -0.39 is 11.6 Å². The molecule has 0 bridgehead atoms. The number of halogens is 3. The Morgan fingerprint density at radius 2 is 2.05 bits per heavy atom. The third kappa shape index (κ3) is 2.04. The van der Waals surface area contributed by atoms with E-state index in [9.17, 15) is 13.2 Å². The molecule has 1 saturated heterocycles. The summed E-state index contributed by atoms with van der Waals surface area (Å²) in [5.74, 6) is 0. The Bertz CT molecular complexity index is 463. The second kappa shape index (κ2) is 4.20. The van der Waals surface area contributed by atoms with E-state index in [1.165, 1.54) is 0 Å². The van der Waals surface area contributed by atoms with Crippen LogP contribution in [0.15, 0.2) is 18.3 Å². The number of pyridine rings is 1. The molecule has 3 rings (SSSR count). The number of hydrogen-bond donors (Lipinski definition) is 0. The van der Waals surface area contributed by atoms with E-state index in [0.717, 1.165) is 24.9 Å². The highest BCUT2D eigenvalue weighted by Crippen LogP contribution is 2.58. The summed E-state index contributed by atoms with van der Waals surface area (Å²) in [5, 5.41) is 0. The Balaban J connectivity index is 1.84. The van der Waals surface area contributed by atoms with E-state index >= 15 is 0 Å². The molecule has 0 radical (unpaired) electrons. The summed E-state index contributed by atoms with van der Waals surface area (Å²) in [4.78, 5) is 6.34. The van der Waals surface area contributed by atoms with Crippen LogP contribution in [-0.2, 0) is 5.41 Å². The third-order valence-electron chi connectivity index (χ3n) is 4.47. The number of hydrogen-bond acceptors (Lipinski definition) is 2. The van der Waals surface area contributed by atoms with Crippen LogP contribution in [0.3, 0.4) is 0 Å². The summed E-state index contributed by atoms with van der Waals surface area (Å²) in [6.45, 7) is 1.04. The molecule has 2 aliphatic rings. The zero-order valence-corrected chi connectivity index (χ0v) is 10.9. The molecule has 104 valence electrons. The molecule has 1 saturated carbocycles. The molecule has 0 N–H and O–H groups in total. The van der Waals surface area contributed by atoms with Crippen molar-refractivity contribution >= 4 is 0 Å². The average Bonchev–Trinajstić information content (AvgIpc) is 3.08. The quantitative estimate of drug-likeness (QED) is 0.818. The monoisotopic (exact) mass is 270 g/mol. The number of nitrogens with zero attached hydrogens (tertiary/aromatic N) is 2. The van der Waals surface area contributed by atoms with E-state index in [4.69, 9.17) is 0 Å². The van der Waals surface area contributed by atoms with Gasteiger partial charge >= 0.3 is 6.18 Å². The molecule has 0 amide bonds. The second-order valence-electron chi connectivity index (χ2n) is 5.70. The van der Waals surface area contributed by atoms with Crippen molar-refractivity contribution in [3.8, 4) is 0 Å². The van der Waals surface area contributed by atoms with Crippen LogP contribution in [0.25, 0.3) is 0 Å². The molecule has 1 aromatic rings. The average molecular weight is 270 g/mol. The van der Waals surface area contributed by atoms with Gasteiger partial charge in [-0.1, -0.05) is 6.07 Å². The standard InChI is InChI=1S/C14H17F3N2/c1-19-8-2-3-11(19)10-4-5-12(18-9-10)13(6-7-13)14(15,16)17/h4-5,9,11H,2-3,6-8H2,1H3/t11-/m0/s1. The van der Waals surface area contributed by atoms with Gasteiger partial charge in [0.05, 0.1) is 5.69 Å². The zero-order valence-electron chi connectivity index (χ0n) is 10.9. The zero-order chi connectivity index (χ0) is 13.7. The molecular weight excluding hydrogens is 253 g/mol. The van der Waals surface area contributed by atoms with Gasteiger partial charge in [0.1, 0.15) is 5.41 Å². The molecule has 5 heteroatoms. The van der Waals surface area contributed by atoms with Crippen LogP contribution < -0.4 is 0 Å². The molecule has 0 aromatic carbocycles. The summed E-state index contributed by atoms with van der Waals surface area (Å²) in [6, 6.07) is 3.70. The van der Waals surface area contributed by atoms with Crippen LogP contribution in [0.1, 0.15) is 43.0 Å². The Labute approximate surface area is 110 Å². The third-order valence-corrected chi connectivity index (χ3v) is 4.47. The maximum Gasteiger partial charge on any atom is 0.399 e. The molecule has 1 aliphatic heterocycles. The summed E-state index contributed by atoms with van der Waals surface area (Å²) in [5.41, 5.74) is -0.446. The summed E-state index contributed by atoms with van der Waals surface area (Å²) in [6.07, 6.45) is -0.00496. The number of likely N-dealkylation sites (tertiary alicyclic amines) is 1. The minimum Gasteiger partial charge on any atom is -0.299 e. The number of alkyl halides is 3. The van der Waals surface area contributed by atoms with Gasteiger partial charge in [-0.15, -0.1) is 0 Å². The Kier molecular flexibility index (Phi) is 2.85. The molecule has 1 aromatic heterocycles. The molecular formula is C14H17F3N2. The van der Waals surface area contributed by atoms with Crippen molar-refractivity contribution in [2.45, 2.75) is 43.3 Å². The van der Waals surface area contributed by atoms with Gasteiger partial charge < -0.3 is 0 Å². The Hall–Kier alpha value is -1.10. The van der Waals surface area contributed by atoms with Crippen molar-refractivity contribution in [3.63, 3.8) is 0 Å². The lowest BCUT2D eigenvalue weighted by atomic mass is 9.99. The molecule has 19 heavy (non-hydrogen) atoms. The van der Waals surface area contributed by atoms with E-state index in [1.54, 1.807) is 12.3 Å². The van der Waals surface area contributed by atoms with Crippen molar-refractivity contribution in [3.05, 3.63) is 29.6 Å². The minimum absolute atomic E-state index is 0.173. The highest BCUT2D eigenvalue weighted by Gasteiger charge is 2.65. The predicted molar refractivity (Wildman–Crippen MR) is 65.8 cm³/mol. The van der Waals surface area contributed by atoms with Crippen LogP contribution in [0, 0.1) is 0 Å². The SMILES string of the molecule is CN1CCC[C@H]1c1ccc(C2(C(F)(F)F)CC2)nc1. The molecule has 2 heterocycles.